The van der Waals surface area contributed by atoms with E-state index < -0.39 is 10.8 Å². The van der Waals surface area contributed by atoms with E-state index in [2.05, 4.69) is 11.2 Å². The number of benzene rings is 1. The molecule has 0 saturated heterocycles. The lowest BCUT2D eigenvalue weighted by atomic mass is 10.2. The van der Waals surface area contributed by atoms with Crippen molar-refractivity contribution in [3.63, 3.8) is 0 Å². The maximum atomic E-state index is 11.8. The Morgan fingerprint density at radius 3 is 2.50 bits per heavy atom. The number of aryl methyl sites for hydroxylation is 2. The summed E-state index contributed by atoms with van der Waals surface area (Å²) in [6.07, 6.45) is 3.88. The van der Waals surface area contributed by atoms with Crippen LogP contribution in [0.4, 0.5) is 0 Å². The zero-order valence-electron chi connectivity index (χ0n) is 12.2. The lowest BCUT2D eigenvalue weighted by Gasteiger charge is -2.06. The van der Waals surface area contributed by atoms with Crippen LogP contribution in [0.3, 0.4) is 0 Å². The summed E-state index contributed by atoms with van der Waals surface area (Å²) in [7, 11) is -0.831. The molecule has 0 fully saturated rings. The lowest BCUT2D eigenvalue weighted by molar-refractivity contribution is 0.684. The Morgan fingerprint density at radius 1 is 1.25 bits per heavy atom. The van der Waals surface area contributed by atoms with Gasteiger partial charge in [-0.3, -0.25) is 4.21 Å². The van der Waals surface area contributed by atoms with Gasteiger partial charge in [-0.2, -0.15) is 5.10 Å². The molecule has 3 nitrogen and oxygen atoms in total. The summed E-state index contributed by atoms with van der Waals surface area (Å²) < 4.78 is 13.8. The van der Waals surface area contributed by atoms with Crippen LogP contribution in [-0.2, 0) is 16.6 Å². The minimum Gasteiger partial charge on any atom is -0.259 e. The Morgan fingerprint density at radius 2 is 1.95 bits per heavy atom. The summed E-state index contributed by atoms with van der Waals surface area (Å²) in [6.45, 7) is 5.97. The molecule has 0 aliphatic rings. The van der Waals surface area contributed by atoms with Crippen LogP contribution in [0, 0.1) is 13.8 Å². The zero-order valence-corrected chi connectivity index (χ0v) is 13.0. The maximum Gasteiger partial charge on any atom is 0.0648 e. The van der Waals surface area contributed by atoms with E-state index in [-0.39, 0.29) is 0 Å². The van der Waals surface area contributed by atoms with Crippen molar-refractivity contribution >= 4 is 10.8 Å². The first kappa shape index (κ1) is 14.7. The minimum absolute atomic E-state index is 0.599. The van der Waals surface area contributed by atoms with Gasteiger partial charge in [-0.05, 0) is 44.5 Å². The van der Waals surface area contributed by atoms with Crippen molar-refractivity contribution in [1.82, 2.24) is 9.78 Å². The van der Waals surface area contributed by atoms with E-state index in [1.165, 1.54) is 0 Å². The highest BCUT2D eigenvalue weighted by Gasteiger charge is 2.04. The van der Waals surface area contributed by atoms with Crippen LogP contribution in [0.5, 0.6) is 0 Å². The number of aromatic nitrogens is 2. The number of allylic oxidation sites excluding steroid dienone is 1. The Kier molecular flexibility index (Phi) is 4.90. The molecule has 0 spiro atoms. The molecular weight excluding hydrogens is 268 g/mol. The summed E-state index contributed by atoms with van der Waals surface area (Å²) in [6, 6.07) is 10.2. The van der Waals surface area contributed by atoms with Crippen LogP contribution in [-0.4, -0.2) is 19.7 Å². The standard InChI is InChI=1S/C16H20N2OS/c1-4-5-10-20(19)12-15-6-8-16(9-7-15)18-14(3)11-13(2)17-18/h4-9,11H,10,12H2,1-3H3/b5-4+/t20-/m0/s1. The van der Waals surface area contributed by atoms with Crippen LogP contribution >= 0.6 is 0 Å². The Labute approximate surface area is 122 Å². The molecule has 0 unspecified atom stereocenters. The Balaban J connectivity index is 2.10. The SMILES string of the molecule is C/C=C/C[S@](=O)Cc1ccc(-n2nc(C)cc2C)cc1. The normalized spacial score (nSPS) is 12.9. The molecule has 0 aliphatic carbocycles. The van der Waals surface area contributed by atoms with E-state index in [0.29, 0.717) is 11.5 Å². The average molecular weight is 288 g/mol. The van der Waals surface area contributed by atoms with Gasteiger partial charge in [0.1, 0.15) is 0 Å². The third-order valence-electron chi connectivity index (χ3n) is 3.04. The smallest absolute Gasteiger partial charge is 0.0648 e. The first-order chi connectivity index (χ1) is 9.60. The molecule has 0 saturated carbocycles. The van der Waals surface area contributed by atoms with Crippen LogP contribution in [0.1, 0.15) is 23.9 Å². The van der Waals surface area contributed by atoms with Crippen LogP contribution < -0.4 is 0 Å². The Hall–Kier alpha value is -1.68. The molecule has 1 atom stereocenters. The lowest BCUT2D eigenvalue weighted by Crippen LogP contribution is -2.01. The van der Waals surface area contributed by atoms with E-state index in [4.69, 9.17) is 0 Å². The van der Waals surface area contributed by atoms with Gasteiger partial charge in [0, 0.05) is 28.0 Å². The maximum absolute atomic E-state index is 11.8. The van der Waals surface area contributed by atoms with Gasteiger partial charge < -0.3 is 0 Å². The minimum atomic E-state index is -0.831. The van der Waals surface area contributed by atoms with E-state index in [9.17, 15) is 4.21 Å². The van der Waals surface area contributed by atoms with Crippen molar-refractivity contribution in [3.05, 3.63) is 59.4 Å². The molecule has 0 radical (unpaired) electrons. The van der Waals surface area contributed by atoms with Gasteiger partial charge in [-0.1, -0.05) is 24.3 Å². The molecule has 0 amide bonds. The number of nitrogens with zero attached hydrogens (tertiary/aromatic N) is 2. The predicted molar refractivity (Wildman–Crippen MR) is 84.6 cm³/mol. The molecule has 4 heteroatoms. The van der Waals surface area contributed by atoms with Gasteiger partial charge >= 0.3 is 0 Å². The second-order valence-electron chi connectivity index (χ2n) is 4.83. The molecule has 0 aliphatic heterocycles. The van der Waals surface area contributed by atoms with Gasteiger partial charge in [0.25, 0.3) is 0 Å². The fourth-order valence-electron chi connectivity index (χ4n) is 2.07. The fraction of sp³-hybridized carbons (Fsp3) is 0.312. The molecule has 1 aromatic carbocycles. The molecular formula is C16H20N2OS. The first-order valence-corrected chi connectivity index (χ1v) is 8.17. The quantitative estimate of drug-likeness (QED) is 0.791. The van der Waals surface area contributed by atoms with Crippen molar-refractivity contribution in [2.24, 2.45) is 0 Å². The molecule has 2 aromatic rings. The third-order valence-corrected chi connectivity index (χ3v) is 4.26. The van der Waals surface area contributed by atoms with Gasteiger partial charge in [0.15, 0.2) is 0 Å². The highest BCUT2D eigenvalue weighted by atomic mass is 32.2. The highest BCUT2D eigenvalue weighted by Crippen LogP contribution is 2.14. The van der Waals surface area contributed by atoms with Crippen molar-refractivity contribution in [2.75, 3.05) is 5.75 Å². The second-order valence-corrected chi connectivity index (χ2v) is 6.33. The van der Waals surface area contributed by atoms with E-state index in [1.807, 2.05) is 61.9 Å². The van der Waals surface area contributed by atoms with Gasteiger partial charge in [0.2, 0.25) is 0 Å². The highest BCUT2D eigenvalue weighted by molar-refractivity contribution is 7.84. The van der Waals surface area contributed by atoms with Crippen molar-refractivity contribution in [3.8, 4) is 5.69 Å². The van der Waals surface area contributed by atoms with Crippen molar-refractivity contribution in [2.45, 2.75) is 26.5 Å². The summed E-state index contributed by atoms with van der Waals surface area (Å²) in [5.41, 5.74) is 4.27. The molecule has 0 N–H and O–H groups in total. The molecule has 0 bridgehead atoms. The number of rotatable bonds is 5. The molecule has 1 aromatic heterocycles. The van der Waals surface area contributed by atoms with Crippen LogP contribution in [0.2, 0.25) is 0 Å². The summed E-state index contributed by atoms with van der Waals surface area (Å²) in [5, 5.41) is 4.46. The number of hydrogen-bond acceptors (Lipinski definition) is 2. The third kappa shape index (κ3) is 3.67. The van der Waals surface area contributed by atoms with Gasteiger partial charge in [0.05, 0.1) is 11.4 Å². The largest absolute Gasteiger partial charge is 0.259 e. The predicted octanol–water partition coefficient (Wildman–Crippen LogP) is 3.31. The molecule has 20 heavy (non-hydrogen) atoms. The summed E-state index contributed by atoms with van der Waals surface area (Å²) in [4.78, 5) is 0. The van der Waals surface area contributed by atoms with Crippen LogP contribution in [0.25, 0.3) is 5.69 Å². The van der Waals surface area contributed by atoms with Crippen molar-refractivity contribution < 1.29 is 4.21 Å². The van der Waals surface area contributed by atoms with Gasteiger partial charge in [-0.25, -0.2) is 4.68 Å². The summed E-state index contributed by atoms with van der Waals surface area (Å²) >= 11 is 0. The first-order valence-electron chi connectivity index (χ1n) is 6.69. The molecule has 106 valence electrons. The zero-order chi connectivity index (χ0) is 14.5. The van der Waals surface area contributed by atoms with E-state index in [1.54, 1.807) is 0 Å². The van der Waals surface area contributed by atoms with Crippen molar-refractivity contribution in [1.29, 1.82) is 0 Å². The summed E-state index contributed by atoms with van der Waals surface area (Å²) in [5.74, 6) is 1.22. The molecule has 1 heterocycles. The fourth-order valence-corrected chi connectivity index (χ4v) is 3.16. The van der Waals surface area contributed by atoms with Crippen LogP contribution in [0.15, 0.2) is 42.5 Å². The topological polar surface area (TPSA) is 34.9 Å². The Bertz CT molecular complexity index is 626. The monoisotopic (exact) mass is 288 g/mol. The van der Waals surface area contributed by atoms with Gasteiger partial charge in [-0.15, -0.1) is 0 Å². The van der Waals surface area contributed by atoms with E-state index >= 15 is 0 Å². The average Bonchev–Trinajstić information content (AvgIpc) is 2.76. The second kappa shape index (κ2) is 6.66. The van der Waals surface area contributed by atoms with E-state index in [0.717, 1.165) is 22.6 Å². The molecule has 2 rings (SSSR count). The number of hydrogen-bond donors (Lipinski definition) is 0.